The predicted octanol–water partition coefficient (Wildman–Crippen LogP) is 5.47. The van der Waals surface area contributed by atoms with Crippen molar-refractivity contribution in [1.82, 2.24) is 28.8 Å². The van der Waals surface area contributed by atoms with Crippen LogP contribution < -0.4 is 21.5 Å². The third-order valence-electron chi connectivity index (χ3n) is 8.20. The molecule has 0 saturated carbocycles. The molecule has 0 aliphatic carbocycles. The van der Waals surface area contributed by atoms with Crippen LogP contribution in [0.3, 0.4) is 0 Å². The van der Waals surface area contributed by atoms with Gasteiger partial charge in [-0.1, -0.05) is 18.2 Å². The van der Waals surface area contributed by atoms with Gasteiger partial charge in [0.15, 0.2) is 9.86 Å². The number of piperidine rings is 1. The lowest BCUT2D eigenvalue weighted by Crippen LogP contribution is -2.35. The van der Waals surface area contributed by atoms with Crippen LogP contribution >= 0.6 is 11.3 Å². The Kier molecular flexibility index (Phi) is 7.89. The van der Waals surface area contributed by atoms with E-state index in [0.29, 0.717) is 51.1 Å². The number of aryl methyl sites for hydroxylation is 1. The summed E-state index contributed by atoms with van der Waals surface area (Å²) in [5.74, 6) is 0.345. The molecule has 2 aromatic carbocycles. The molecule has 7 rings (SSSR count). The summed E-state index contributed by atoms with van der Waals surface area (Å²) in [6, 6.07) is 19.5. The number of rotatable bonds is 8. The number of nitrogens with one attached hydrogen (secondary N) is 3. The van der Waals surface area contributed by atoms with Gasteiger partial charge in [0.05, 0.1) is 23.0 Å². The molecule has 0 atom stereocenters. The summed E-state index contributed by atoms with van der Waals surface area (Å²) in [5.41, 5.74) is 6.06. The second kappa shape index (κ2) is 12.2. The fraction of sp³-hybridized carbons (Fsp3) is 0.212. The molecule has 1 fully saturated rings. The molecule has 13 heteroatoms. The van der Waals surface area contributed by atoms with E-state index in [1.165, 1.54) is 15.7 Å². The van der Waals surface area contributed by atoms with Crippen LogP contribution in [-0.4, -0.2) is 51.0 Å². The van der Waals surface area contributed by atoms with Gasteiger partial charge >= 0.3 is 0 Å². The van der Waals surface area contributed by atoms with E-state index in [2.05, 4.69) is 25.9 Å². The van der Waals surface area contributed by atoms with E-state index in [1.54, 1.807) is 36.9 Å². The molecule has 6 aromatic rings. The number of thiazole rings is 1. The maximum absolute atomic E-state index is 14.4. The van der Waals surface area contributed by atoms with Gasteiger partial charge in [0.2, 0.25) is 5.95 Å². The summed E-state index contributed by atoms with van der Waals surface area (Å²) in [4.78, 5) is 27.6. The maximum Gasteiger partial charge on any atom is 0.278 e. The number of para-hydroxylation sites is 1. The Morgan fingerprint density at radius 2 is 1.72 bits per heavy atom. The van der Waals surface area contributed by atoms with Gasteiger partial charge in [-0.15, -0.1) is 11.3 Å². The van der Waals surface area contributed by atoms with Crippen molar-refractivity contribution in [3.05, 3.63) is 106 Å². The fourth-order valence-electron chi connectivity index (χ4n) is 5.95. The standard InChI is InChI=1S/C33H32N8O3S2/c1-21-19-40(46(43,44)29-18-35-20-45-29)22(2)30(21)28-16-23-17-36-33(39-31(23)41(32(28)42)27-6-4-3-5-7-27)38-25-10-8-24(9-11-25)37-26-12-14-34-15-13-26/h3-11,16-20,26,34,37H,12-15H2,1-2H3,(H,36,38,39). The molecule has 0 bridgehead atoms. The van der Waals surface area contributed by atoms with Gasteiger partial charge in [-0.2, -0.15) is 13.4 Å². The highest BCUT2D eigenvalue weighted by atomic mass is 32.2. The first kappa shape index (κ1) is 29.8. The SMILES string of the molecule is Cc1cn(S(=O)(=O)c2cncs2)c(C)c1-c1cc2cnc(Nc3ccc(NC4CCNCC4)cc3)nc2n(-c2ccccc2)c1=O. The first-order valence-electron chi connectivity index (χ1n) is 14.9. The van der Waals surface area contributed by atoms with Gasteiger partial charge in [0.25, 0.3) is 15.6 Å². The lowest BCUT2D eigenvalue weighted by atomic mass is 10.0. The minimum Gasteiger partial charge on any atom is -0.382 e. The third-order valence-corrected chi connectivity index (χ3v) is 11.2. The number of nitrogens with zero attached hydrogens (tertiary/aromatic N) is 5. The van der Waals surface area contributed by atoms with Gasteiger partial charge in [-0.05, 0) is 87.8 Å². The molecule has 0 amide bonds. The van der Waals surface area contributed by atoms with E-state index in [0.717, 1.165) is 48.6 Å². The largest absolute Gasteiger partial charge is 0.382 e. The summed E-state index contributed by atoms with van der Waals surface area (Å²) >= 11 is 1.04. The summed E-state index contributed by atoms with van der Waals surface area (Å²) in [7, 11) is -3.88. The minimum absolute atomic E-state index is 0.124. The lowest BCUT2D eigenvalue weighted by molar-refractivity contribution is 0.479. The first-order valence-corrected chi connectivity index (χ1v) is 17.3. The number of hydrogen-bond donors (Lipinski definition) is 3. The van der Waals surface area contributed by atoms with Crippen LogP contribution in [0.5, 0.6) is 0 Å². The quantitative estimate of drug-likeness (QED) is 0.196. The van der Waals surface area contributed by atoms with Crippen molar-refractivity contribution >= 4 is 49.7 Å². The van der Waals surface area contributed by atoms with Crippen LogP contribution in [0, 0.1) is 13.8 Å². The van der Waals surface area contributed by atoms with Crippen LogP contribution in [0.4, 0.5) is 17.3 Å². The molecule has 0 spiro atoms. The van der Waals surface area contributed by atoms with Gasteiger partial charge < -0.3 is 16.0 Å². The van der Waals surface area contributed by atoms with Crippen molar-refractivity contribution in [2.24, 2.45) is 0 Å². The Morgan fingerprint density at radius 1 is 0.978 bits per heavy atom. The summed E-state index contributed by atoms with van der Waals surface area (Å²) in [5, 5.41) is 10.9. The second-order valence-electron chi connectivity index (χ2n) is 11.3. The summed E-state index contributed by atoms with van der Waals surface area (Å²) in [6.45, 7) is 5.55. The number of fused-ring (bicyclic) bond motifs is 1. The zero-order chi connectivity index (χ0) is 31.8. The first-order chi connectivity index (χ1) is 22.3. The average molecular weight is 653 g/mol. The van der Waals surface area contributed by atoms with E-state index in [9.17, 15) is 13.2 Å². The highest BCUT2D eigenvalue weighted by molar-refractivity contribution is 7.92. The molecule has 4 aromatic heterocycles. The summed E-state index contributed by atoms with van der Waals surface area (Å²) in [6.07, 6.45) is 6.73. The zero-order valence-electron chi connectivity index (χ0n) is 25.3. The molecule has 11 nitrogen and oxygen atoms in total. The molecule has 5 heterocycles. The Labute approximate surface area is 270 Å². The topological polar surface area (TPSA) is 136 Å². The number of benzene rings is 2. The maximum atomic E-state index is 14.4. The van der Waals surface area contributed by atoms with Crippen molar-refractivity contribution in [1.29, 1.82) is 0 Å². The van der Waals surface area contributed by atoms with E-state index in [-0.39, 0.29) is 9.77 Å². The van der Waals surface area contributed by atoms with Crippen LogP contribution in [0.25, 0.3) is 27.8 Å². The molecular weight excluding hydrogens is 621 g/mol. The molecular formula is C33H32N8O3S2. The van der Waals surface area contributed by atoms with E-state index < -0.39 is 10.0 Å². The Balaban J connectivity index is 1.28. The van der Waals surface area contributed by atoms with E-state index in [1.807, 2.05) is 54.6 Å². The highest BCUT2D eigenvalue weighted by Crippen LogP contribution is 2.32. The van der Waals surface area contributed by atoms with Crippen molar-refractivity contribution in [3.63, 3.8) is 0 Å². The molecule has 1 aliphatic rings. The molecule has 234 valence electrons. The van der Waals surface area contributed by atoms with Gasteiger partial charge in [-0.3, -0.25) is 14.3 Å². The minimum atomic E-state index is -3.88. The highest BCUT2D eigenvalue weighted by Gasteiger charge is 2.26. The molecule has 0 unspecified atom stereocenters. The average Bonchev–Trinajstić information content (AvgIpc) is 3.72. The van der Waals surface area contributed by atoms with Crippen LogP contribution in [0.1, 0.15) is 24.1 Å². The lowest BCUT2D eigenvalue weighted by Gasteiger charge is -2.24. The number of aromatic nitrogens is 5. The van der Waals surface area contributed by atoms with Crippen LogP contribution in [0.15, 0.2) is 93.8 Å². The molecule has 1 aliphatic heterocycles. The van der Waals surface area contributed by atoms with Crippen molar-refractivity contribution in [2.45, 2.75) is 36.9 Å². The van der Waals surface area contributed by atoms with Crippen molar-refractivity contribution in [3.8, 4) is 16.8 Å². The zero-order valence-corrected chi connectivity index (χ0v) is 26.9. The van der Waals surface area contributed by atoms with Gasteiger partial charge in [-0.25, -0.2) is 8.96 Å². The monoisotopic (exact) mass is 652 g/mol. The summed E-state index contributed by atoms with van der Waals surface area (Å²) < 4.78 is 29.7. The van der Waals surface area contributed by atoms with Gasteiger partial charge in [0.1, 0.15) is 0 Å². The molecule has 46 heavy (non-hydrogen) atoms. The molecule has 3 N–H and O–H groups in total. The number of anilines is 3. The van der Waals surface area contributed by atoms with Crippen molar-refractivity contribution in [2.75, 3.05) is 23.7 Å². The number of pyridine rings is 1. The third kappa shape index (κ3) is 5.57. The van der Waals surface area contributed by atoms with E-state index in [4.69, 9.17) is 4.98 Å². The number of hydrogen-bond acceptors (Lipinski definition) is 10. The smallest absolute Gasteiger partial charge is 0.278 e. The van der Waals surface area contributed by atoms with Crippen LogP contribution in [0.2, 0.25) is 0 Å². The van der Waals surface area contributed by atoms with E-state index >= 15 is 0 Å². The molecule has 1 saturated heterocycles. The molecule has 0 radical (unpaired) electrons. The Morgan fingerprint density at radius 3 is 2.43 bits per heavy atom. The second-order valence-corrected chi connectivity index (χ2v) is 14.2. The Bertz CT molecular complexity index is 2190. The normalized spacial score (nSPS) is 14.0. The Hall–Kier alpha value is -4.85. The fourth-order valence-corrected chi connectivity index (χ4v) is 8.29. The predicted molar refractivity (Wildman–Crippen MR) is 182 cm³/mol. The van der Waals surface area contributed by atoms with Crippen molar-refractivity contribution < 1.29 is 8.42 Å². The van der Waals surface area contributed by atoms with Crippen LogP contribution in [-0.2, 0) is 10.0 Å². The van der Waals surface area contributed by atoms with Gasteiger partial charge in [0, 0.05) is 46.5 Å².